The number of alkyl halides is 2. The Kier molecular flexibility index (Phi) is 13.6. The molecular weight excluding hydrogens is 478 g/mol. The molecule has 1 fully saturated rings. The first-order valence-electron chi connectivity index (χ1n) is 12.2. The van der Waals surface area contributed by atoms with Crippen molar-refractivity contribution in [3.8, 4) is 0 Å². The summed E-state index contributed by atoms with van der Waals surface area (Å²) in [5.41, 5.74) is -0.818. The monoisotopic (exact) mass is 520 g/mol. The van der Waals surface area contributed by atoms with Gasteiger partial charge in [-0.3, -0.25) is 19.2 Å². The molecule has 0 aromatic heterocycles. The SMILES string of the molecule is CC(C)C.CCCC(NC(=O)C1CC(F)(F)CN1C(=O)CNC(=O)OC(C)(C)C)C(=O)C(=O)NCC. The largest absolute Gasteiger partial charge is 0.444 e. The molecule has 4 amide bonds. The number of hydrogen-bond acceptors (Lipinski definition) is 6. The number of ketones is 1. The number of rotatable bonds is 9. The molecule has 10 nitrogen and oxygen atoms in total. The van der Waals surface area contributed by atoms with Gasteiger partial charge in [0.25, 0.3) is 11.8 Å². The maximum atomic E-state index is 14.0. The number of carbonyl (C=O) groups is 5. The fraction of sp³-hybridized carbons (Fsp3) is 0.792. The molecule has 36 heavy (non-hydrogen) atoms. The van der Waals surface area contributed by atoms with Crippen molar-refractivity contribution in [1.82, 2.24) is 20.9 Å². The number of halogens is 2. The summed E-state index contributed by atoms with van der Waals surface area (Å²) >= 11 is 0. The minimum Gasteiger partial charge on any atom is -0.444 e. The molecule has 0 saturated carbocycles. The van der Waals surface area contributed by atoms with Crippen LogP contribution in [-0.2, 0) is 23.9 Å². The van der Waals surface area contributed by atoms with Crippen LogP contribution < -0.4 is 16.0 Å². The minimum absolute atomic E-state index is 0.124. The average Bonchev–Trinajstić information content (AvgIpc) is 3.05. The van der Waals surface area contributed by atoms with Gasteiger partial charge in [0.05, 0.1) is 12.6 Å². The Balaban J connectivity index is 0.00000283. The summed E-state index contributed by atoms with van der Waals surface area (Å²) in [6.07, 6.45) is -1.28. The van der Waals surface area contributed by atoms with E-state index in [2.05, 4.69) is 36.7 Å². The van der Waals surface area contributed by atoms with E-state index in [4.69, 9.17) is 4.74 Å². The fourth-order valence-corrected chi connectivity index (χ4v) is 3.11. The molecule has 2 atom stereocenters. The van der Waals surface area contributed by atoms with Crippen LogP contribution in [0.3, 0.4) is 0 Å². The van der Waals surface area contributed by atoms with Crippen LogP contribution in [0.15, 0.2) is 0 Å². The van der Waals surface area contributed by atoms with Gasteiger partial charge in [-0.05, 0) is 40.0 Å². The quantitative estimate of drug-likeness (QED) is 0.400. The molecule has 0 bridgehead atoms. The topological polar surface area (TPSA) is 134 Å². The molecule has 0 radical (unpaired) electrons. The number of amides is 4. The average molecular weight is 521 g/mol. The van der Waals surface area contributed by atoms with Crippen LogP contribution in [0.2, 0.25) is 0 Å². The van der Waals surface area contributed by atoms with E-state index in [0.29, 0.717) is 11.3 Å². The van der Waals surface area contributed by atoms with Crippen LogP contribution in [0, 0.1) is 5.92 Å². The number of Topliss-reactive ketones (excluding diaryl/α,β-unsaturated/α-hetero) is 1. The lowest BCUT2D eigenvalue weighted by atomic mass is 10.0. The molecule has 0 aromatic rings. The lowest BCUT2D eigenvalue weighted by Gasteiger charge is -2.26. The lowest BCUT2D eigenvalue weighted by Crippen LogP contribution is -2.54. The summed E-state index contributed by atoms with van der Waals surface area (Å²) < 4.78 is 33.1. The van der Waals surface area contributed by atoms with E-state index < -0.39 is 72.7 Å². The van der Waals surface area contributed by atoms with Gasteiger partial charge in [0, 0.05) is 13.0 Å². The van der Waals surface area contributed by atoms with Gasteiger partial charge in [-0.15, -0.1) is 0 Å². The number of ether oxygens (including phenoxy) is 1. The van der Waals surface area contributed by atoms with E-state index in [0.717, 1.165) is 5.92 Å². The Morgan fingerprint density at radius 1 is 1.06 bits per heavy atom. The van der Waals surface area contributed by atoms with E-state index in [1.807, 2.05) is 0 Å². The molecule has 208 valence electrons. The summed E-state index contributed by atoms with van der Waals surface area (Å²) in [6.45, 7) is 13.2. The van der Waals surface area contributed by atoms with Crippen LogP contribution in [0.1, 0.15) is 74.7 Å². The molecule has 3 N–H and O–H groups in total. The summed E-state index contributed by atoms with van der Waals surface area (Å²) in [5, 5.41) is 6.84. The highest BCUT2D eigenvalue weighted by molar-refractivity contribution is 6.38. The van der Waals surface area contributed by atoms with Crippen LogP contribution in [0.5, 0.6) is 0 Å². The maximum Gasteiger partial charge on any atom is 0.408 e. The van der Waals surface area contributed by atoms with Gasteiger partial charge in [0.2, 0.25) is 17.6 Å². The molecular formula is C24H42F2N4O6. The third-order valence-electron chi connectivity index (χ3n) is 4.45. The van der Waals surface area contributed by atoms with E-state index in [-0.39, 0.29) is 13.0 Å². The van der Waals surface area contributed by atoms with Crippen molar-refractivity contribution in [3.63, 3.8) is 0 Å². The standard InChI is InChI=1S/C20H32F2N4O6.C4H10/c1-6-8-12(15(28)17(30)23-7-2)25-16(29)13-9-20(21,22)11-26(13)14(27)10-24-18(31)32-19(3,4)5;1-4(2)3/h12-13H,6-11H2,1-5H3,(H,23,30)(H,24,31)(H,25,29);4H,1-3H3. The van der Waals surface area contributed by atoms with Gasteiger partial charge in [0.1, 0.15) is 18.2 Å². The lowest BCUT2D eigenvalue weighted by molar-refractivity contribution is -0.142. The van der Waals surface area contributed by atoms with Gasteiger partial charge in [-0.25, -0.2) is 13.6 Å². The summed E-state index contributed by atoms with van der Waals surface area (Å²) in [7, 11) is 0. The molecule has 1 saturated heterocycles. The van der Waals surface area contributed by atoms with E-state index >= 15 is 0 Å². The van der Waals surface area contributed by atoms with Crippen LogP contribution in [-0.4, -0.2) is 77.7 Å². The van der Waals surface area contributed by atoms with Crippen LogP contribution >= 0.6 is 0 Å². The second kappa shape index (κ2) is 14.7. The molecule has 1 aliphatic rings. The smallest absolute Gasteiger partial charge is 0.408 e. The van der Waals surface area contributed by atoms with Crippen molar-refractivity contribution in [1.29, 1.82) is 0 Å². The summed E-state index contributed by atoms with van der Waals surface area (Å²) in [6, 6.07) is -2.76. The highest BCUT2D eigenvalue weighted by atomic mass is 19.3. The first-order chi connectivity index (χ1) is 16.4. The molecule has 0 aliphatic carbocycles. The van der Waals surface area contributed by atoms with E-state index in [9.17, 15) is 32.8 Å². The number of alkyl carbamates (subject to hydrolysis) is 1. The molecule has 1 aliphatic heterocycles. The van der Waals surface area contributed by atoms with Crippen molar-refractivity contribution in [2.75, 3.05) is 19.6 Å². The molecule has 2 unspecified atom stereocenters. The number of hydrogen-bond donors (Lipinski definition) is 3. The Bertz CT molecular complexity index is 780. The Morgan fingerprint density at radius 3 is 2.08 bits per heavy atom. The van der Waals surface area contributed by atoms with Crippen molar-refractivity contribution in [2.24, 2.45) is 5.92 Å². The first-order valence-corrected chi connectivity index (χ1v) is 12.2. The molecule has 1 rings (SSSR count). The van der Waals surface area contributed by atoms with Gasteiger partial charge < -0.3 is 25.6 Å². The number of likely N-dealkylation sites (N-methyl/N-ethyl adjacent to an activating group) is 1. The number of nitrogens with zero attached hydrogens (tertiary/aromatic N) is 1. The Morgan fingerprint density at radius 2 is 1.61 bits per heavy atom. The third-order valence-corrected chi connectivity index (χ3v) is 4.45. The summed E-state index contributed by atoms with van der Waals surface area (Å²) in [5.74, 6) is -6.15. The van der Waals surface area contributed by atoms with Crippen LogP contribution in [0.4, 0.5) is 13.6 Å². The predicted molar refractivity (Wildman–Crippen MR) is 130 cm³/mol. The third kappa shape index (κ3) is 12.8. The molecule has 1 heterocycles. The van der Waals surface area contributed by atoms with Crippen molar-refractivity contribution >= 4 is 29.6 Å². The zero-order valence-electron chi connectivity index (χ0n) is 22.6. The van der Waals surface area contributed by atoms with Gasteiger partial charge in [0.15, 0.2) is 0 Å². The minimum atomic E-state index is -3.33. The van der Waals surface area contributed by atoms with Crippen molar-refractivity contribution in [3.05, 3.63) is 0 Å². The normalized spacial score (nSPS) is 17.4. The van der Waals surface area contributed by atoms with E-state index in [1.165, 1.54) is 0 Å². The first kappa shape index (κ1) is 33.2. The highest BCUT2D eigenvalue weighted by Crippen LogP contribution is 2.32. The second-order valence-corrected chi connectivity index (χ2v) is 10.3. The van der Waals surface area contributed by atoms with Gasteiger partial charge in [-0.2, -0.15) is 0 Å². The molecule has 0 aromatic carbocycles. The van der Waals surface area contributed by atoms with Crippen molar-refractivity contribution in [2.45, 2.75) is 98.3 Å². The van der Waals surface area contributed by atoms with Crippen molar-refractivity contribution < 1.29 is 37.5 Å². The van der Waals surface area contributed by atoms with Gasteiger partial charge in [-0.1, -0.05) is 34.1 Å². The fourth-order valence-electron chi connectivity index (χ4n) is 3.11. The summed E-state index contributed by atoms with van der Waals surface area (Å²) in [4.78, 5) is 61.7. The van der Waals surface area contributed by atoms with Gasteiger partial charge >= 0.3 is 6.09 Å². The zero-order chi connectivity index (χ0) is 28.3. The number of carbonyl (C=O) groups excluding carboxylic acids is 5. The zero-order valence-corrected chi connectivity index (χ0v) is 22.6. The number of nitrogens with one attached hydrogen (secondary N) is 3. The Hall–Kier alpha value is -2.79. The predicted octanol–water partition coefficient (Wildman–Crippen LogP) is 2.40. The highest BCUT2D eigenvalue weighted by Gasteiger charge is 2.50. The molecule has 12 heteroatoms. The van der Waals surface area contributed by atoms with E-state index in [1.54, 1.807) is 34.6 Å². The Labute approximate surface area is 212 Å². The second-order valence-electron chi connectivity index (χ2n) is 10.3. The molecule has 0 spiro atoms. The van der Waals surface area contributed by atoms with Crippen LogP contribution in [0.25, 0.3) is 0 Å². The maximum absolute atomic E-state index is 14.0. The number of likely N-dealkylation sites (tertiary alicyclic amines) is 1.